The Morgan fingerprint density at radius 1 is 1.22 bits per heavy atom. The normalized spacial score (nSPS) is 23.1. The van der Waals surface area contributed by atoms with Gasteiger partial charge in [0.25, 0.3) is 5.91 Å². The Morgan fingerprint density at radius 3 is 2.52 bits per heavy atom. The van der Waals surface area contributed by atoms with Crippen LogP contribution in [0.2, 0.25) is 0 Å². The second kappa shape index (κ2) is 8.47. The summed E-state index contributed by atoms with van der Waals surface area (Å²) in [6.07, 6.45) is 4.61. The number of carbonyl (C=O) groups is 1. The van der Waals surface area contributed by atoms with Crippen molar-refractivity contribution in [1.82, 2.24) is 9.62 Å². The zero-order chi connectivity index (χ0) is 18.9. The first-order valence-electron chi connectivity index (χ1n) is 9.36. The molecule has 1 aromatic carbocycles. The molecule has 1 aromatic rings. The number of piperidine rings is 1. The van der Waals surface area contributed by atoms with Crippen LogP contribution in [-0.4, -0.2) is 44.4 Å². The van der Waals surface area contributed by atoms with Crippen LogP contribution in [-0.2, 0) is 10.0 Å². The quantitative estimate of drug-likeness (QED) is 0.790. The molecule has 0 spiro atoms. The number of hydrogen-bond donors (Lipinski definition) is 2. The van der Waals surface area contributed by atoms with Gasteiger partial charge in [-0.25, -0.2) is 13.1 Å². The van der Waals surface area contributed by atoms with E-state index in [-0.39, 0.29) is 40.7 Å². The molecule has 2 fully saturated rings. The Labute approximate surface area is 168 Å². The second-order valence-corrected chi connectivity index (χ2v) is 9.95. The summed E-state index contributed by atoms with van der Waals surface area (Å²) in [6.45, 7) is 5.29. The molecule has 3 N–H and O–H groups in total. The van der Waals surface area contributed by atoms with E-state index in [1.807, 2.05) is 0 Å². The number of likely N-dealkylation sites (tertiary alicyclic amines) is 1. The molecule has 8 heteroatoms. The van der Waals surface area contributed by atoms with Crippen LogP contribution in [0, 0.1) is 5.41 Å². The lowest BCUT2D eigenvalue weighted by Gasteiger charge is -2.42. The standard InChI is InChI=1S/C19H29N3O3S.ClH/c1-19(2)13-22(11-10-17(19)20)18(23)14-6-5-9-16(12-14)26(24,25)21-15-7-3-4-8-15;/h5-6,9,12,15,17,21H,3-4,7-8,10-11,13,20H2,1-2H3;1H. The number of nitrogens with two attached hydrogens (primary N) is 1. The van der Waals surface area contributed by atoms with E-state index in [0.29, 0.717) is 18.7 Å². The molecule has 2 aliphatic rings. The Morgan fingerprint density at radius 2 is 1.89 bits per heavy atom. The summed E-state index contributed by atoms with van der Waals surface area (Å²) in [4.78, 5) is 14.8. The van der Waals surface area contributed by atoms with Crippen LogP contribution in [0.5, 0.6) is 0 Å². The SMILES string of the molecule is CC1(C)CN(C(=O)c2cccc(S(=O)(=O)NC3CCCC3)c2)CCC1N.Cl. The van der Waals surface area contributed by atoms with Crippen molar-refractivity contribution in [3.05, 3.63) is 29.8 Å². The smallest absolute Gasteiger partial charge is 0.253 e. The lowest BCUT2D eigenvalue weighted by atomic mass is 9.79. The second-order valence-electron chi connectivity index (χ2n) is 8.24. The molecule has 0 radical (unpaired) electrons. The first-order chi connectivity index (χ1) is 12.2. The largest absolute Gasteiger partial charge is 0.338 e. The van der Waals surface area contributed by atoms with Gasteiger partial charge in [0, 0.05) is 30.7 Å². The van der Waals surface area contributed by atoms with E-state index in [4.69, 9.17) is 5.73 Å². The van der Waals surface area contributed by atoms with Crippen molar-refractivity contribution >= 4 is 28.3 Å². The highest BCUT2D eigenvalue weighted by Crippen LogP contribution is 2.29. The summed E-state index contributed by atoms with van der Waals surface area (Å²) in [6, 6.07) is 6.42. The van der Waals surface area contributed by atoms with E-state index in [1.54, 1.807) is 23.1 Å². The van der Waals surface area contributed by atoms with Crippen LogP contribution in [0.4, 0.5) is 0 Å². The van der Waals surface area contributed by atoms with Crippen LogP contribution in [0.15, 0.2) is 29.2 Å². The molecule has 1 amide bonds. The Kier molecular flexibility index (Phi) is 6.95. The molecular weight excluding hydrogens is 386 g/mol. The Bertz CT molecular complexity index is 776. The lowest BCUT2D eigenvalue weighted by molar-refractivity contribution is 0.0533. The maximum absolute atomic E-state index is 12.9. The molecule has 6 nitrogen and oxygen atoms in total. The summed E-state index contributed by atoms with van der Waals surface area (Å²) in [5, 5.41) is 0. The fourth-order valence-corrected chi connectivity index (χ4v) is 5.21. The molecule has 27 heavy (non-hydrogen) atoms. The van der Waals surface area contributed by atoms with Crippen LogP contribution in [0.3, 0.4) is 0 Å². The van der Waals surface area contributed by atoms with E-state index in [1.165, 1.54) is 6.07 Å². The highest BCUT2D eigenvalue weighted by atomic mass is 35.5. The van der Waals surface area contributed by atoms with Crippen LogP contribution < -0.4 is 10.5 Å². The number of rotatable bonds is 4. The van der Waals surface area contributed by atoms with Crippen molar-refractivity contribution in [2.45, 2.75) is 62.9 Å². The molecule has 3 rings (SSSR count). The van der Waals surface area contributed by atoms with Crippen molar-refractivity contribution in [2.75, 3.05) is 13.1 Å². The summed E-state index contributed by atoms with van der Waals surface area (Å²) in [5.74, 6) is -0.136. The van der Waals surface area contributed by atoms with Gasteiger partial charge in [0.2, 0.25) is 10.0 Å². The van der Waals surface area contributed by atoms with Gasteiger partial charge < -0.3 is 10.6 Å². The fourth-order valence-electron chi connectivity index (χ4n) is 3.86. The van der Waals surface area contributed by atoms with Gasteiger partial charge >= 0.3 is 0 Å². The minimum absolute atomic E-state index is 0. The number of nitrogens with one attached hydrogen (secondary N) is 1. The summed E-state index contributed by atoms with van der Waals surface area (Å²) >= 11 is 0. The van der Waals surface area contributed by atoms with Crippen LogP contribution in [0.25, 0.3) is 0 Å². The number of carbonyl (C=O) groups excluding carboxylic acids is 1. The number of halogens is 1. The third-order valence-corrected chi connectivity index (χ3v) is 7.19. The van der Waals surface area contributed by atoms with Gasteiger partial charge in [-0.3, -0.25) is 4.79 Å². The van der Waals surface area contributed by atoms with E-state index in [2.05, 4.69) is 18.6 Å². The molecule has 1 saturated heterocycles. The average molecular weight is 416 g/mol. The maximum atomic E-state index is 12.9. The molecule has 152 valence electrons. The Hall–Kier alpha value is -1.15. The molecule has 1 aliphatic heterocycles. The lowest BCUT2D eigenvalue weighted by Crippen LogP contribution is -2.54. The van der Waals surface area contributed by atoms with Gasteiger partial charge in [0.1, 0.15) is 0 Å². The van der Waals surface area contributed by atoms with Crippen molar-refractivity contribution in [1.29, 1.82) is 0 Å². The minimum Gasteiger partial charge on any atom is -0.338 e. The molecule has 1 saturated carbocycles. The fraction of sp³-hybridized carbons (Fsp3) is 0.632. The highest BCUT2D eigenvalue weighted by Gasteiger charge is 2.35. The monoisotopic (exact) mass is 415 g/mol. The van der Waals surface area contributed by atoms with Gasteiger partial charge in [-0.15, -0.1) is 12.4 Å². The van der Waals surface area contributed by atoms with Crippen molar-refractivity contribution in [2.24, 2.45) is 11.1 Å². The zero-order valence-electron chi connectivity index (χ0n) is 16.0. The summed E-state index contributed by atoms with van der Waals surface area (Å²) in [5.41, 5.74) is 6.40. The molecular formula is C19H30ClN3O3S. The molecule has 1 atom stereocenters. The van der Waals surface area contributed by atoms with Gasteiger partial charge in [-0.1, -0.05) is 32.8 Å². The number of sulfonamides is 1. The van der Waals surface area contributed by atoms with Gasteiger partial charge in [-0.05, 0) is 42.9 Å². The molecule has 0 aromatic heterocycles. The Balaban J connectivity index is 0.00000261. The summed E-state index contributed by atoms with van der Waals surface area (Å²) < 4.78 is 28.0. The number of benzene rings is 1. The zero-order valence-corrected chi connectivity index (χ0v) is 17.6. The molecule has 0 bridgehead atoms. The van der Waals surface area contributed by atoms with Crippen molar-refractivity contribution in [3.63, 3.8) is 0 Å². The third kappa shape index (κ3) is 5.02. The van der Waals surface area contributed by atoms with Crippen LogP contribution >= 0.6 is 12.4 Å². The number of hydrogen-bond acceptors (Lipinski definition) is 4. The van der Waals surface area contributed by atoms with Crippen molar-refractivity contribution in [3.8, 4) is 0 Å². The minimum atomic E-state index is -3.60. The van der Waals surface area contributed by atoms with E-state index in [0.717, 1.165) is 32.1 Å². The predicted molar refractivity (Wildman–Crippen MR) is 109 cm³/mol. The maximum Gasteiger partial charge on any atom is 0.253 e. The predicted octanol–water partition coefficient (Wildman–Crippen LogP) is 2.53. The highest BCUT2D eigenvalue weighted by molar-refractivity contribution is 7.89. The van der Waals surface area contributed by atoms with Crippen LogP contribution in [0.1, 0.15) is 56.3 Å². The van der Waals surface area contributed by atoms with Gasteiger partial charge in [0.05, 0.1) is 4.90 Å². The molecule has 1 aliphatic carbocycles. The van der Waals surface area contributed by atoms with E-state index >= 15 is 0 Å². The average Bonchev–Trinajstić information content (AvgIpc) is 3.09. The molecule has 1 unspecified atom stereocenters. The number of amides is 1. The van der Waals surface area contributed by atoms with E-state index < -0.39 is 10.0 Å². The first-order valence-corrected chi connectivity index (χ1v) is 10.8. The topological polar surface area (TPSA) is 92.5 Å². The summed E-state index contributed by atoms with van der Waals surface area (Å²) in [7, 11) is -3.60. The van der Waals surface area contributed by atoms with Gasteiger partial charge in [-0.2, -0.15) is 0 Å². The molecule has 1 heterocycles. The third-order valence-electron chi connectivity index (χ3n) is 5.67. The van der Waals surface area contributed by atoms with Crippen molar-refractivity contribution < 1.29 is 13.2 Å². The first kappa shape index (κ1) is 22.1. The van der Waals surface area contributed by atoms with E-state index in [9.17, 15) is 13.2 Å². The van der Waals surface area contributed by atoms with Gasteiger partial charge in [0.15, 0.2) is 0 Å². The number of nitrogens with zero attached hydrogens (tertiary/aromatic N) is 1.